The van der Waals surface area contributed by atoms with Crippen LogP contribution in [0.2, 0.25) is 0 Å². The van der Waals surface area contributed by atoms with Gasteiger partial charge in [-0.25, -0.2) is 0 Å². The molecular formula is C12H16IN. The second-order valence-electron chi connectivity index (χ2n) is 4.14. The predicted octanol–water partition coefficient (Wildman–Crippen LogP) is 3.81. The number of hydrogen-bond acceptors (Lipinski definition) is 1. The summed E-state index contributed by atoms with van der Waals surface area (Å²) in [5.41, 5.74) is 2.66. The van der Waals surface area contributed by atoms with Gasteiger partial charge in [-0.2, -0.15) is 0 Å². The maximum absolute atomic E-state index is 3.54. The molecule has 0 unspecified atom stereocenters. The van der Waals surface area contributed by atoms with Crippen LogP contribution in [-0.4, -0.2) is 6.54 Å². The van der Waals surface area contributed by atoms with Gasteiger partial charge in [0, 0.05) is 15.8 Å². The summed E-state index contributed by atoms with van der Waals surface area (Å²) in [7, 11) is 0. The second-order valence-corrected chi connectivity index (χ2v) is 5.38. The zero-order valence-corrected chi connectivity index (χ0v) is 10.7. The van der Waals surface area contributed by atoms with Crippen molar-refractivity contribution in [2.45, 2.75) is 26.2 Å². The molecule has 1 nitrogen and oxygen atoms in total. The van der Waals surface area contributed by atoms with Gasteiger partial charge < -0.3 is 5.32 Å². The van der Waals surface area contributed by atoms with Crippen LogP contribution in [0.5, 0.6) is 0 Å². The zero-order chi connectivity index (χ0) is 9.97. The Morgan fingerprint density at radius 3 is 2.79 bits per heavy atom. The van der Waals surface area contributed by atoms with E-state index < -0.39 is 0 Å². The summed E-state index contributed by atoms with van der Waals surface area (Å²) in [5.74, 6) is 0.925. The Labute approximate surface area is 99.4 Å². The first-order chi connectivity index (χ1) is 6.75. The molecule has 0 radical (unpaired) electrons. The van der Waals surface area contributed by atoms with Crippen molar-refractivity contribution in [1.29, 1.82) is 0 Å². The lowest BCUT2D eigenvalue weighted by atomic mass is 9.85. The van der Waals surface area contributed by atoms with Crippen molar-refractivity contribution in [1.82, 2.24) is 0 Å². The SMILES string of the molecule is Cc1cc(I)ccc1NCC1CCC1. The normalized spacial score (nSPS) is 16.4. The van der Waals surface area contributed by atoms with Crippen molar-refractivity contribution in [2.24, 2.45) is 5.92 Å². The van der Waals surface area contributed by atoms with Crippen LogP contribution in [0.15, 0.2) is 18.2 Å². The zero-order valence-electron chi connectivity index (χ0n) is 8.52. The van der Waals surface area contributed by atoms with Gasteiger partial charge in [-0.3, -0.25) is 0 Å². The minimum atomic E-state index is 0.925. The van der Waals surface area contributed by atoms with Crippen LogP contribution in [0.4, 0.5) is 5.69 Å². The van der Waals surface area contributed by atoms with Gasteiger partial charge in [-0.1, -0.05) is 6.42 Å². The molecule has 0 amide bonds. The Bertz CT molecular complexity index is 318. The van der Waals surface area contributed by atoms with Crippen molar-refractivity contribution < 1.29 is 0 Å². The lowest BCUT2D eigenvalue weighted by Gasteiger charge is -2.26. The van der Waals surface area contributed by atoms with Gasteiger partial charge in [-0.15, -0.1) is 0 Å². The fourth-order valence-electron chi connectivity index (χ4n) is 1.78. The fourth-order valence-corrected chi connectivity index (χ4v) is 2.42. The largest absolute Gasteiger partial charge is 0.385 e. The molecule has 0 bridgehead atoms. The van der Waals surface area contributed by atoms with Crippen LogP contribution < -0.4 is 5.32 Å². The molecule has 0 aliphatic heterocycles. The number of halogens is 1. The molecule has 1 N–H and O–H groups in total. The predicted molar refractivity (Wildman–Crippen MR) is 69.7 cm³/mol. The highest BCUT2D eigenvalue weighted by molar-refractivity contribution is 14.1. The van der Waals surface area contributed by atoms with E-state index in [1.54, 1.807) is 0 Å². The molecule has 0 spiro atoms. The number of nitrogens with one attached hydrogen (secondary N) is 1. The van der Waals surface area contributed by atoms with E-state index in [1.165, 1.54) is 34.1 Å². The smallest absolute Gasteiger partial charge is 0.0370 e. The monoisotopic (exact) mass is 301 g/mol. The van der Waals surface area contributed by atoms with Gasteiger partial charge in [0.15, 0.2) is 0 Å². The van der Waals surface area contributed by atoms with Crippen LogP contribution in [0.25, 0.3) is 0 Å². The van der Waals surface area contributed by atoms with Crippen LogP contribution in [0.1, 0.15) is 24.8 Å². The van der Waals surface area contributed by atoms with Crippen molar-refractivity contribution >= 4 is 28.3 Å². The first-order valence-electron chi connectivity index (χ1n) is 5.26. The third-order valence-corrected chi connectivity index (χ3v) is 3.67. The molecule has 1 aromatic carbocycles. The summed E-state index contributed by atoms with van der Waals surface area (Å²) in [6.45, 7) is 3.33. The Morgan fingerprint density at radius 1 is 1.43 bits per heavy atom. The quantitative estimate of drug-likeness (QED) is 0.837. The van der Waals surface area contributed by atoms with E-state index in [4.69, 9.17) is 0 Å². The van der Waals surface area contributed by atoms with Crippen molar-refractivity contribution in [3.05, 3.63) is 27.3 Å². The van der Waals surface area contributed by atoms with Crippen molar-refractivity contribution in [2.75, 3.05) is 11.9 Å². The molecule has 1 saturated carbocycles. The lowest BCUT2D eigenvalue weighted by molar-refractivity contribution is 0.333. The summed E-state index contributed by atoms with van der Waals surface area (Å²) < 4.78 is 1.31. The summed E-state index contributed by atoms with van der Waals surface area (Å²) in [6, 6.07) is 6.58. The molecule has 1 aromatic rings. The molecule has 2 heteroatoms. The number of hydrogen-bond donors (Lipinski definition) is 1. The van der Waals surface area contributed by atoms with E-state index in [-0.39, 0.29) is 0 Å². The number of aryl methyl sites for hydroxylation is 1. The third kappa shape index (κ3) is 2.41. The number of rotatable bonds is 3. The van der Waals surface area contributed by atoms with E-state index in [9.17, 15) is 0 Å². The highest BCUT2D eigenvalue weighted by Gasteiger charge is 2.16. The topological polar surface area (TPSA) is 12.0 Å². The van der Waals surface area contributed by atoms with Crippen molar-refractivity contribution in [3.63, 3.8) is 0 Å². The fraction of sp³-hybridized carbons (Fsp3) is 0.500. The average molecular weight is 301 g/mol. The van der Waals surface area contributed by atoms with Gasteiger partial charge in [-0.05, 0) is 72.0 Å². The summed E-state index contributed by atoms with van der Waals surface area (Å²) >= 11 is 2.35. The van der Waals surface area contributed by atoms with Gasteiger partial charge >= 0.3 is 0 Å². The minimum absolute atomic E-state index is 0.925. The third-order valence-electron chi connectivity index (χ3n) is 2.99. The number of benzene rings is 1. The van der Waals surface area contributed by atoms with E-state index >= 15 is 0 Å². The van der Waals surface area contributed by atoms with E-state index in [0.29, 0.717) is 0 Å². The Morgan fingerprint density at radius 2 is 2.21 bits per heavy atom. The van der Waals surface area contributed by atoms with Gasteiger partial charge in [0.1, 0.15) is 0 Å². The molecule has 76 valence electrons. The Balaban J connectivity index is 1.94. The molecular weight excluding hydrogens is 285 g/mol. The average Bonchev–Trinajstić information content (AvgIpc) is 2.05. The standard InChI is InChI=1S/C12H16IN/c1-9-7-11(13)5-6-12(9)14-8-10-3-2-4-10/h5-7,10,14H,2-4,8H2,1H3. The van der Waals surface area contributed by atoms with Gasteiger partial charge in [0.25, 0.3) is 0 Å². The molecule has 14 heavy (non-hydrogen) atoms. The van der Waals surface area contributed by atoms with Crippen molar-refractivity contribution in [3.8, 4) is 0 Å². The van der Waals surface area contributed by atoms with Gasteiger partial charge in [0.2, 0.25) is 0 Å². The molecule has 0 atom stereocenters. The first-order valence-corrected chi connectivity index (χ1v) is 6.33. The second kappa shape index (κ2) is 4.51. The maximum Gasteiger partial charge on any atom is 0.0370 e. The molecule has 1 aliphatic carbocycles. The van der Waals surface area contributed by atoms with Crippen LogP contribution in [0, 0.1) is 16.4 Å². The van der Waals surface area contributed by atoms with E-state index in [0.717, 1.165) is 12.5 Å². The highest BCUT2D eigenvalue weighted by Crippen LogP contribution is 2.27. The highest BCUT2D eigenvalue weighted by atomic mass is 127. The van der Waals surface area contributed by atoms with Gasteiger partial charge in [0.05, 0.1) is 0 Å². The number of anilines is 1. The van der Waals surface area contributed by atoms with Crippen LogP contribution in [0.3, 0.4) is 0 Å². The maximum atomic E-state index is 3.54. The first kappa shape index (κ1) is 10.3. The Hall–Kier alpha value is -0.250. The minimum Gasteiger partial charge on any atom is -0.385 e. The lowest BCUT2D eigenvalue weighted by Crippen LogP contribution is -2.21. The summed E-state index contributed by atoms with van der Waals surface area (Å²) in [6.07, 6.45) is 4.25. The van der Waals surface area contributed by atoms with E-state index in [2.05, 4.69) is 53.0 Å². The molecule has 0 saturated heterocycles. The molecule has 0 aromatic heterocycles. The van der Waals surface area contributed by atoms with Crippen LogP contribution >= 0.6 is 22.6 Å². The Kier molecular flexibility index (Phi) is 3.31. The molecule has 1 fully saturated rings. The van der Waals surface area contributed by atoms with Crippen LogP contribution in [-0.2, 0) is 0 Å². The molecule has 2 rings (SSSR count). The molecule has 1 aliphatic rings. The summed E-state index contributed by atoms with van der Waals surface area (Å²) in [4.78, 5) is 0. The molecule has 0 heterocycles. The summed E-state index contributed by atoms with van der Waals surface area (Å²) in [5, 5.41) is 3.54. The van der Waals surface area contributed by atoms with E-state index in [1.807, 2.05) is 0 Å².